The summed E-state index contributed by atoms with van der Waals surface area (Å²) in [4.78, 5) is 54.6. The van der Waals surface area contributed by atoms with Gasteiger partial charge in [0.05, 0.1) is 6.04 Å². The van der Waals surface area contributed by atoms with Gasteiger partial charge in [-0.3, -0.25) is 14.4 Å². The van der Waals surface area contributed by atoms with Gasteiger partial charge in [-0.15, -0.1) is 0 Å². The molecule has 3 fully saturated rings. The monoisotopic (exact) mass is 574 g/mol. The van der Waals surface area contributed by atoms with Crippen LogP contribution in [0.5, 0.6) is 0 Å². The van der Waals surface area contributed by atoms with Crippen LogP contribution in [0.15, 0.2) is 60.7 Å². The van der Waals surface area contributed by atoms with Crippen molar-refractivity contribution in [2.24, 2.45) is 5.92 Å². The molecule has 2 aromatic carbocycles. The number of hydrogen-bond acceptors (Lipinski definition) is 5. The van der Waals surface area contributed by atoms with Crippen molar-refractivity contribution in [3.8, 4) is 0 Å². The third-order valence-corrected chi connectivity index (χ3v) is 9.02. The Kier molecular flexibility index (Phi) is 9.89. The molecule has 0 aromatic heterocycles. The Labute approximate surface area is 247 Å². The molecule has 5 rings (SSSR count). The minimum atomic E-state index is -0.992. The summed E-state index contributed by atoms with van der Waals surface area (Å²) in [7, 11) is 0. The largest absolute Gasteiger partial charge is 0.480 e. The van der Waals surface area contributed by atoms with E-state index in [9.17, 15) is 24.3 Å². The molecule has 0 unspecified atom stereocenters. The van der Waals surface area contributed by atoms with Crippen LogP contribution in [0.3, 0.4) is 0 Å². The highest BCUT2D eigenvalue weighted by Gasteiger charge is 2.49. The van der Waals surface area contributed by atoms with Gasteiger partial charge >= 0.3 is 5.97 Å². The van der Waals surface area contributed by atoms with E-state index in [-0.39, 0.29) is 48.6 Å². The van der Waals surface area contributed by atoms with Crippen LogP contribution in [-0.4, -0.2) is 70.5 Å². The second-order valence-electron chi connectivity index (χ2n) is 12.0. The molecule has 9 nitrogen and oxygen atoms in total. The first-order valence-corrected chi connectivity index (χ1v) is 15.3. The number of nitrogens with zero attached hydrogens (tertiary/aromatic N) is 1. The van der Waals surface area contributed by atoms with Gasteiger partial charge in [-0.05, 0) is 62.1 Å². The average Bonchev–Trinajstić information content (AvgIpc) is 3.66. The van der Waals surface area contributed by atoms with Gasteiger partial charge in [0, 0.05) is 24.9 Å². The van der Waals surface area contributed by atoms with Crippen LogP contribution in [0.2, 0.25) is 0 Å². The molecule has 3 aliphatic rings. The molecule has 6 atom stereocenters. The molecule has 0 radical (unpaired) electrons. The first kappa shape index (κ1) is 29.8. The first-order chi connectivity index (χ1) is 20.4. The third-order valence-electron chi connectivity index (χ3n) is 9.02. The molecule has 2 aliphatic heterocycles. The number of carbonyl (C=O) groups excluding carboxylic acids is 3. The summed E-state index contributed by atoms with van der Waals surface area (Å²) in [6.45, 7) is 0.793. The molecular formula is C33H42N4O5. The van der Waals surface area contributed by atoms with Crippen molar-refractivity contribution in [2.75, 3.05) is 6.54 Å². The Balaban J connectivity index is 1.34. The maximum absolute atomic E-state index is 14.2. The quantitative estimate of drug-likeness (QED) is 0.327. The predicted molar refractivity (Wildman–Crippen MR) is 158 cm³/mol. The van der Waals surface area contributed by atoms with Gasteiger partial charge in [-0.25, -0.2) is 4.79 Å². The maximum Gasteiger partial charge on any atom is 0.326 e. The fourth-order valence-electron chi connectivity index (χ4n) is 6.99. The van der Waals surface area contributed by atoms with Crippen LogP contribution in [0.1, 0.15) is 62.5 Å². The minimum absolute atomic E-state index is 0.000334. The van der Waals surface area contributed by atoms with Crippen LogP contribution < -0.4 is 16.0 Å². The van der Waals surface area contributed by atoms with Gasteiger partial charge in [-0.2, -0.15) is 0 Å². The molecule has 2 aromatic rings. The lowest BCUT2D eigenvalue weighted by Gasteiger charge is -2.35. The molecule has 0 spiro atoms. The van der Waals surface area contributed by atoms with Crippen LogP contribution in [0, 0.1) is 5.92 Å². The zero-order valence-electron chi connectivity index (χ0n) is 24.0. The second-order valence-corrected chi connectivity index (χ2v) is 12.0. The third kappa shape index (κ3) is 7.37. The molecule has 1 aliphatic carbocycles. The van der Waals surface area contributed by atoms with Gasteiger partial charge in [0.15, 0.2) is 0 Å². The van der Waals surface area contributed by atoms with Crippen LogP contribution in [0.4, 0.5) is 0 Å². The summed E-state index contributed by atoms with van der Waals surface area (Å²) < 4.78 is 0. The van der Waals surface area contributed by atoms with E-state index >= 15 is 0 Å². The zero-order valence-corrected chi connectivity index (χ0v) is 24.0. The van der Waals surface area contributed by atoms with Gasteiger partial charge in [0.1, 0.15) is 12.1 Å². The fourth-order valence-corrected chi connectivity index (χ4v) is 6.99. The Morgan fingerprint density at radius 3 is 2.17 bits per heavy atom. The minimum Gasteiger partial charge on any atom is -0.480 e. The highest BCUT2D eigenvalue weighted by atomic mass is 16.4. The lowest BCUT2D eigenvalue weighted by molar-refractivity contribution is -0.151. The van der Waals surface area contributed by atoms with Crippen LogP contribution in [0.25, 0.3) is 0 Å². The summed E-state index contributed by atoms with van der Waals surface area (Å²) in [5.41, 5.74) is 1.88. The van der Waals surface area contributed by atoms with E-state index in [2.05, 4.69) is 16.0 Å². The standard InChI is InChI=1S/C33H42N4O5/c38-30(21-25(18-22-10-3-1-4-11-22)35-31(39)26-15-9-17-34-26)36-27(19-23-12-5-2-6-13-23)32(40)37-28-16-8-7-14-24(28)20-29(37)33(41)42/h1-6,10-13,24-29,34H,7-9,14-21H2,(H,35,39)(H,36,38)(H,41,42)/t24-,25-,26-,27-,28-,29-/m0/s1. The van der Waals surface area contributed by atoms with Crippen molar-refractivity contribution in [1.29, 1.82) is 0 Å². The molecule has 1 saturated carbocycles. The Morgan fingerprint density at radius 2 is 1.52 bits per heavy atom. The Bertz CT molecular complexity index is 1230. The van der Waals surface area contributed by atoms with E-state index in [4.69, 9.17) is 0 Å². The molecule has 2 heterocycles. The van der Waals surface area contributed by atoms with E-state index in [1.807, 2.05) is 60.7 Å². The number of carboxylic acid groups (broad SMARTS) is 1. The number of rotatable bonds is 11. The van der Waals surface area contributed by atoms with E-state index in [1.54, 1.807) is 4.90 Å². The average molecular weight is 575 g/mol. The second kappa shape index (κ2) is 14.0. The summed E-state index contributed by atoms with van der Waals surface area (Å²) in [6, 6.07) is 16.5. The van der Waals surface area contributed by atoms with Gasteiger partial charge in [-0.1, -0.05) is 73.5 Å². The number of hydrogen-bond donors (Lipinski definition) is 4. The van der Waals surface area contributed by atoms with Crippen molar-refractivity contribution >= 4 is 23.7 Å². The molecule has 9 heteroatoms. The Morgan fingerprint density at radius 1 is 0.857 bits per heavy atom. The van der Waals surface area contributed by atoms with E-state index in [1.165, 1.54) is 0 Å². The Hall–Kier alpha value is -3.72. The molecular weight excluding hydrogens is 532 g/mol. The van der Waals surface area contributed by atoms with Crippen LogP contribution in [-0.2, 0) is 32.0 Å². The maximum atomic E-state index is 14.2. The topological polar surface area (TPSA) is 128 Å². The van der Waals surface area contributed by atoms with Crippen molar-refractivity contribution in [3.63, 3.8) is 0 Å². The number of fused-ring (bicyclic) bond motifs is 1. The molecule has 42 heavy (non-hydrogen) atoms. The highest BCUT2D eigenvalue weighted by molar-refractivity contribution is 5.92. The number of aliphatic carboxylic acids is 1. The van der Waals surface area contributed by atoms with Gasteiger partial charge in [0.25, 0.3) is 0 Å². The normalized spacial score (nSPS) is 24.8. The summed E-state index contributed by atoms with van der Waals surface area (Å²) in [5.74, 6) is -1.63. The van der Waals surface area contributed by atoms with Gasteiger partial charge in [0.2, 0.25) is 17.7 Å². The molecule has 4 N–H and O–H groups in total. The fraction of sp³-hybridized carbons (Fsp3) is 0.515. The zero-order chi connectivity index (χ0) is 29.5. The summed E-state index contributed by atoms with van der Waals surface area (Å²) in [5, 5.41) is 19.3. The molecule has 3 amide bonds. The first-order valence-electron chi connectivity index (χ1n) is 15.3. The lowest BCUT2D eigenvalue weighted by atomic mass is 9.84. The highest BCUT2D eigenvalue weighted by Crippen LogP contribution is 2.40. The number of amides is 3. The number of likely N-dealkylation sites (tertiary alicyclic amines) is 1. The molecule has 224 valence electrons. The summed E-state index contributed by atoms with van der Waals surface area (Å²) in [6.07, 6.45) is 6.59. The molecule has 2 saturated heterocycles. The van der Waals surface area contributed by atoms with Crippen molar-refractivity contribution in [2.45, 2.75) is 94.4 Å². The number of benzene rings is 2. The number of nitrogens with one attached hydrogen (secondary N) is 3. The van der Waals surface area contributed by atoms with Crippen molar-refractivity contribution in [3.05, 3.63) is 71.8 Å². The smallest absolute Gasteiger partial charge is 0.326 e. The summed E-state index contributed by atoms with van der Waals surface area (Å²) >= 11 is 0. The number of carbonyl (C=O) groups is 4. The SMILES string of the molecule is O=C(C[C@H](Cc1ccccc1)NC(=O)[C@@H]1CCCN1)N[C@@H](Cc1ccccc1)C(=O)N1[C@H](C(=O)O)C[C@@H]2CCCC[C@@H]21. The number of carboxylic acids is 1. The van der Waals surface area contributed by atoms with Crippen LogP contribution >= 0.6 is 0 Å². The van der Waals surface area contributed by atoms with E-state index in [0.29, 0.717) is 12.8 Å². The van der Waals surface area contributed by atoms with Gasteiger partial charge < -0.3 is 26.0 Å². The molecule has 0 bridgehead atoms. The van der Waals surface area contributed by atoms with Crippen molar-refractivity contribution < 1.29 is 24.3 Å². The van der Waals surface area contributed by atoms with E-state index in [0.717, 1.165) is 56.2 Å². The van der Waals surface area contributed by atoms with Crippen molar-refractivity contribution in [1.82, 2.24) is 20.9 Å². The predicted octanol–water partition coefficient (Wildman–Crippen LogP) is 2.83. The van der Waals surface area contributed by atoms with E-state index < -0.39 is 24.1 Å². The lowest BCUT2D eigenvalue weighted by Crippen LogP contribution is -2.56.